The summed E-state index contributed by atoms with van der Waals surface area (Å²) < 4.78 is 5.93. The maximum Gasteiger partial charge on any atom is 0.268 e. The van der Waals surface area contributed by atoms with Gasteiger partial charge in [-0.25, -0.2) is 0 Å². The van der Waals surface area contributed by atoms with Crippen molar-refractivity contribution >= 4 is 17.5 Å². The van der Waals surface area contributed by atoms with E-state index in [1.54, 1.807) is 31.2 Å². The van der Waals surface area contributed by atoms with Gasteiger partial charge in [0.05, 0.1) is 0 Å². The van der Waals surface area contributed by atoms with Gasteiger partial charge in [-0.15, -0.1) is 0 Å². The van der Waals surface area contributed by atoms with E-state index in [2.05, 4.69) is 11.4 Å². The van der Waals surface area contributed by atoms with Gasteiger partial charge in [0, 0.05) is 23.8 Å². The van der Waals surface area contributed by atoms with E-state index >= 15 is 0 Å². The zero-order valence-corrected chi connectivity index (χ0v) is 17.7. The van der Waals surface area contributed by atoms with Crippen LogP contribution in [0, 0.1) is 0 Å². The van der Waals surface area contributed by atoms with Gasteiger partial charge in [-0.05, 0) is 55.7 Å². The molecule has 2 amide bonds. The quantitative estimate of drug-likeness (QED) is 0.652. The Morgan fingerprint density at radius 1 is 1.03 bits per heavy atom. The van der Waals surface area contributed by atoms with Crippen LogP contribution in [0.3, 0.4) is 0 Å². The SMILES string of the molecule is C[C@H](Oc1cccc(C(=O)NCc2ccccc2)c1)C(=O)N1c2ccccc2C[C@@H]1C. The van der Waals surface area contributed by atoms with Crippen LogP contribution in [0.4, 0.5) is 5.69 Å². The van der Waals surface area contributed by atoms with Crippen molar-refractivity contribution in [2.45, 2.75) is 39.0 Å². The fourth-order valence-electron chi connectivity index (χ4n) is 3.94. The number of nitrogens with zero attached hydrogens (tertiary/aromatic N) is 1. The first-order chi connectivity index (χ1) is 15.0. The van der Waals surface area contributed by atoms with Crippen LogP contribution >= 0.6 is 0 Å². The highest BCUT2D eigenvalue weighted by Crippen LogP contribution is 2.32. The van der Waals surface area contributed by atoms with Crippen LogP contribution in [-0.2, 0) is 17.8 Å². The van der Waals surface area contributed by atoms with Gasteiger partial charge in [0.15, 0.2) is 6.10 Å². The molecule has 0 radical (unpaired) electrons. The molecule has 4 rings (SSSR count). The van der Waals surface area contributed by atoms with Gasteiger partial charge in [0.25, 0.3) is 11.8 Å². The molecule has 1 N–H and O–H groups in total. The number of carbonyl (C=O) groups is 2. The third-order valence-electron chi connectivity index (χ3n) is 5.50. The average Bonchev–Trinajstić information content (AvgIpc) is 3.13. The molecule has 1 heterocycles. The van der Waals surface area contributed by atoms with E-state index < -0.39 is 6.10 Å². The Hall–Kier alpha value is -3.60. The Balaban J connectivity index is 1.41. The Morgan fingerprint density at radius 3 is 2.58 bits per heavy atom. The first-order valence-electron chi connectivity index (χ1n) is 10.5. The Bertz CT molecular complexity index is 1080. The first-order valence-corrected chi connectivity index (χ1v) is 10.5. The summed E-state index contributed by atoms with van der Waals surface area (Å²) in [5, 5.41) is 2.91. The molecule has 0 bridgehead atoms. The summed E-state index contributed by atoms with van der Waals surface area (Å²) in [5.41, 5.74) is 3.65. The standard InChI is InChI=1S/C26H26N2O3/c1-18-15-21-11-6-7-14-24(21)28(18)26(30)19(2)31-23-13-8-12-22(16-23)25(29)27-17-20-9-4-3-5-10-20/h3-14,16,18-19H,15,17H2,1-2H3,(H,27,29)/t18-,19-/m0/s1. The van der Waals surface area contributed by atoms with Crippen LogP contribution < -0.4 is 15.0 Å². The number of anilines is 1. The maximum absolute atomic E-state index is 13.1. The summed E-state index contributed by atoms with van der Waals surface area (Å²) in [5.74, 6) is 0.222. The highest BCUT2D eigenvalue weighted by atomic mass is 16.5. The number of para-hydroxylation sites is 1. The third kappa shape index (κ3) is 4.61. The molecule has 0 saturated heterocycles. The molecular formula is C26H26N2O3. The number of benzene rings is 3. The second-order valence-corrected chi connectivity index (χ2v) is 7.85. The van der Waals surface area contributed by atoms with Crippen LogP contribution in [0.25, 0.3) is 0 Å². The molecule has 1 aliphatic heterocycles. The van der Waals surface area contributed by atoms with Crippen LogP contribution in [0.2, 0.25) is 0 Å². The van der Waals surface area contributed by atoms with Gasteiger partial charge < -0.3 is 15.0 Å². The van der Waals surface area contributed by atoms with Gasteiger partial charge in [-0.2, -0.15) is 0 Å². The summed E-state index contributed by atoms with van der Waals surface area (Å²) >= 11 is 0. The minimum atomic E-state index is -0.670. The molecule has 5 nitrogen and oxygen atoms in total. The Morgan fingerprint density at radius 2 is 1.77 bits per heavy atom. The van der Waals surface area contributed by atoms with E-state index in [9.17, 15) is 9.59 Å². The number of carbonyl (C=O) groups excluding carboxylic acids is 2. The fraction of sp³-hybridized carbons (Fsp3) is 0.231. The summed E-state index contributed by atoms with van der Waals surface area (Å²) in [4.78, 5) is 27.5. The molecule has 0 spiro atoms. The predicted octanol–water partition coefficient (Wildman–Crippen LogP) is 4.36. The molecule has 0 fully saturated rings. The van der Waals surface area contributed by atoms with Crippen LogP contribution in [-0.4, -0.2) is 24.0 Å². The number of hydrogen-bond donors (Lipinski definition) is 1. The van der Waals surface area contributed by atoms with Crippen molar-refractivity contribution in [3.63, 3.8) is 0 Å². The van der Waals surface area contributed by atoms with Crippen LogP contribution in [0.5, 0.6) is 5.75 Å². The van der Waals surface area contributed by atoms with Crippen molar-refractivity contribution < 1.29 is 14.3 Å². The predicted molar refractivity (Wildman–Crippen MR) is 121 cm³/mol. The second kappa shape index (κ2) is 9.04. The van der Waals surface area contributed by atoms with E-state index in [1.807, 2.05) is 60.4 Å². The molecule has 0 unspecified atom stereocenters. The van der Waals surface area contributed by atoms with Crippen molar-refractivity contribution in [1.29, 1.82) is 0 Å². The number of nitrogens with one attached hydrogen (secondary N) is 1. The normalized spacial score (nSPS) is 15.8. The molecule has 0 saturated carbocycles. The molecule has 3 aromatic carbocycles. The molecule has 31 heavy (non-hydrogen) atoms. The highest BCUT2D eigenvalue weighted by molar-refractivity contribution is 5.99. The van der Waals surface area contributed by atoms with Crippen molar-refractivity contribution in [3.8, 4) is 5.75 Å². The lowest BCUT2D eigenvalue weighted by Gasteiger charge is -2.26. The number of amides is 2. The van der Waals surface area contributed by atoms with Gasteiger partial charge in [-0.3, -0.25) is 9.59 Å². The summed E-state index contributed by atoms with van der Waals surface area (Å²) in [6.45, 7) is 4.24. The van der Waals surface area contributed by atoms with E-state index in [1.165, 1.54) is 5.56 Å². The topological polar surface area (TPSA) is 58.6 Å². The van der Waals surface area contributed by atoms with E-state index in [0.29, 0.717) is 17.9 Å². The van der Waals surface area contributed by atoms with Gasteiger partial charge in [0.2, 0.25) is 0 Å². The number of ether oxygens (including phenoxy) is 1. The Labute approximate surface area is 182 Å². The third-order valence-corrected chi connectivity index (χ3v) is 5.50. The smallest absolute Gasteiger partial charge is 0.268 e. The van der Waals surface area contributed by atoms with E-state index in [4.69, 9.17) is 4.74 Å². The lowest BCUT2D eigenvalue weighted by Crippen LogP contribution is -2.43. The van der Waals surface area contributed by atoms with Gasteiger partial charge in [-0.1, -0.05) is 54.6 Å². The minimum absolute atomic E-state index is 0.0867. The number of rotatable bonds is 6. The number of hydrogen-bond acceptors (Lipinski definition) is 3. The summed E-state index contributed by atoms with van der Waals surface area (Å²) in [6.07, 6.45) is 0.169. The van der Waals surface area contributed by atoms with E-state index in [-0.39, 0.29) is 17.9 Å². The van der Waals surface area contributed by atoms with Gasteiger partial charge >= 0.3 is 0 Å². The minimum Gasteiger partial charge on any atom is -0.481 e. The lowest BCUT2D eigenvalue weighted by atomic mass is 10.1. The monoisotopic (exact) mass is 414 g/mol. The van der Waals surface area contributed by atoms with Crippen LogP contribution in [0.15, 0.2) is 78.9 Å². The highest BCUT2D eigenvalue weighted by Gasteiger charge is 2.33. The van der Waals surface area contributed by atoms with Crippen molar-refractivity contribution in [2.24, 2.45) is 0 Å². The van der Waals surface area contributed by atoms with Crippen molar-refractivity contribution in [1.82, 2.24) is 5.32 Å². The zero-order valence-electron chi connectivity index (χ0n) is 17.7. The summed E-state index contributed by atoms with van der Waals surface area (Å²) in [7, 11) is 0. The lowest BCUT2D eigenvalue weighted by molar-refractivity contribution is -0.124. The second-order valence-electron chi connectivity index (χ2n) is 7.85. The largest absolute Gasteiger partial charge is 0.481 e. The first kappa shape index (κ1) is 20.7. The van der Waals surface area contributed by atoms with Gasteiger partial charge in [0.1, 0.15) is 5.75 Å². The van der Waals surface area contributed by atoms with E-state index in [0.717, 1.165) is 17.7 Å². The Kier molecular flexibility index (Phi) is 6.03. The van der Waals surface area contributed by atoms with Crippen molar-refractivity contribution in [2.75, 3.05) is 4.90 Å². The molecule has 1 aliphatic rings. The molecule has 2 atom stereocenters. The molecule has 158 valence electrons. The average molecular weight is 415 g/mol. The molecular weight excluding hydrogens is 388 g/mol. The molecule has 0 aliphatic carbocycles. The molecule has 0 aromatic heterocycles. The molecule has 3 aromatic rings. The van der Waals surface area contributed by atoms with Crippen LogP contribution in [0.1, 0.15) is 35.3 Å². The maximum atomic E-state index is 13.1. The number of fused-ring (bicyclic) bond motifs is 1. The van der Waals surface area contributed by atoms with Crippen molar-refractivity contribution in [3.05, 3.63) is 95.6 Å². The fourth-order valence-corrected chi connectivity index (χ4v) is 3.94. The summed E-state index contributed by atoms with van der Waals surface area (Å²) in [6, 6.07) is 24.7. The zero-order chi connectivity index (χ0) is 21.8. The molecule has 5 heteroatoms.